The second kappa shape index (κ2) is 5.63. The lowest BCUT2D eigenvalue weighted by Gasteiger charge is -2.24. The summed E-state index contributed by atoms with van der Waals surface area (Å²) in [4.78, 5) is 6.59. The molecular formula is C17H21N3. The molecule has 1 atom stereocenters. The Morgan fingerprint density at radius 3 is 2.45 bits per heavy atom. The van der Waals surface area contributed by atoms with E-state index in [9.17, 15) is 0 Å². The fourth-order valence-electron chi connectivity index (χ4n) is 2.95. The first-order valence-corrected chi connectivity index (χ1v) is 7.29. The van der Waals surface area contributed by atoms with Gasteiger partial charge in [0, 0.05) is 17.8 Å². The third-order valence-corrected chi connectivity index (χ3v) is 4.24. The van der Waals surface area contributed by atoms with Crippen LogP contribution in [0.2, 0.25) is 0 Å². The Hall–Kier alpha value is -1.87. The van der Waals surface area contributed by atoms with E-state index < -0.39 is 0 Å². The maximum Gasteiger partial charge on any atom is 0.0580 e. The van der Waals surface area contributed by atoms with Crippen LogP contribution in [0, 0.1) is 0 Å². The minimum absolute atomic E-state index is 0.501. The molecule has 104 valence electrons. The zero-order valence-electron chi connectivity index (χ0n) is 11.9. The lowest BCUT2D eigenvalue weighted by Crippen LogP contribution is -2.23. The van der Waals surface area contributed by atoms with Crippen LogP contribution in [0.3, 0.4) is 0 Å². The van der Waals surface area contributed by atoms with E-state index in [1.165, 1.54) is 31.5 Å². The maximum absolute atomic E-state index is 5.98. The van der Waals surface area contributed by atoms with Gasteiger partial charge >= 0.3 is 0 Å². The van der Waals surface area contributed by atoms with Gasteiger partial charge in [0.05, 0.1) is 11.9 Å². The molecule has 1 aromatic carbocycles. The lowest BCUT2D eigenvalue weighted by atomic mass is 10.0. The maximum atomic E-state index is 5.98. The number of nitrogen functional groups attached to an aromatic ring is 1. The molecule has 3 nitrogen and oxygen atoms in total. The Balaban J connectivity index is 1.82. The predicted octanol–water partition coefficient (Wildman–Crippen LogP) is 3.49. The van der Waals surface area contributed by atoms with Gasteiger partial charge in [0.1, 0.15) is 0 Å². The number of hydrogen-bond acceptors (Lipinski definition) is 3. The quantitative estimate of drug-likeness (QED) is 0.925. The molecule has 3 rings (SSSR count). The highest BCUT2D eigenvalue weighted by molar-refractivity contribution is 5.75. The van der Waals surface area contributed by atoms with Gasteiger partial charge in [0.2, 0.25) is 0 Å². The lowest BCUT2D eigenvalue weighted by molar-refractivity contribution is 0.263. The highest BCUT2D eigenvalue weighted by Gasteiger charge is 2.19. The number of nitrogens with zero attached hydrogens (tertiary/aromatic N) is 2. The first-order chi connectivity index (χ1) is 9.75. The number of pyridine rings is 1. The highest BCUT2D eigenvalue weighted by Crippen LogP contribution is 2.29. The molecule has 1 fully saturated rings. The number of nitrogens with two attached hydrogens (primary N) is 1. The summed E-state index contributed by atoms with van der Waals surface area (Å²) in [5.74, 6) is 0. The largest absolute Gasteiger partial charge is 0.397 e. The molecule has 0 aliphatic carbocycles. The number of rotatable bonds is 3. The average molecular weight is 267 g/mol. The number of aromatic nitrogens is 1. The fourth-order valence-corrected chi connectivity index (χ4v) is 2.95. The first kappa shape index (κ1) is 13.1. The van der Waals surface area contributed by atoms with E-state index in [4.69, 9.17) is 5.73 Å². The average Bonchev–Trinajstić information content (AvgIpc) is 3.01. The number of benzene rings is 1. The van der Waals surface area contributed by atoms with E-state index in [2.05, 4.69) is 41.1 Å². The van der Waals surface area contributed by atoms with Gasteiger partial charge in [-0.2, -0.15) is 0 Å². The van der Waals surface area contributed by atoms with Gasteiger partial charge in [-0.1, -0.05) is 24.3 Å². The molecule has 1 aliphatic rings. The first-order valence-electron chi connectivity index (χ1n) is 7.29. The van der Waals surface area contributed by atoms with Crippen LogP contribution in [-0.2, 0) is 0 Å². The summed E-state index contributed by atoms with van der Waals surface area (Å²) < 4.78 is 0. The van der Waals surface area contributed by atoms with Gasteiger partial charge < -0.3 is 5.73 Å². The Labute approximate surface area is 120 Å². The molecule has 1 aromatic heterocycles. The number of hydrogen-bond donors (Lipinski definition) is 1. The second-order valence-electron chi connectivity index (χ2n) is 5.50. The predicted molar refractivity (Wildman–Crippen MR) is 83.3 cm³/mol. The molecule has 0 spiro atoms. The third-order valence-electron chi connectivity index (χ3n) is 4.24. The van der Waals surface area contributed by atoms with Crippen molar-refractivity contribution >= 4 is 5.69 Å². The second-order valence-corrected chi connectivity index (χ2v) is 5.50. The molecule has 0 saturated carbocycles. The Kier molecular flexibility index (Phi) is 3.70. The summed E-state index contributed by atoms with van der Waals surface area (Å²) in [6.07, 6.45) is 6.15. The molecule has 2 N–H and O–H groups in total. The smallest absolute Gasteiger partial charge is 0.0580 e. The van der Waals surface area contributed by atoms with Gasteiger partial charge in [0.25, 0.3) is 0 Å². The number of anilines is 1. The van der Waals surface area contributed by atoms with Crippen LogP contribution in [0.25, 0.3) is 11.1 Å². The monoisotopic (exact) mass is 267 g/mol. The summed E-state index contributed by atoms with van der Waals surface area (Å²) in [6, 6.07) is 11.2. The summed E-state index contributed by atoms with van der Waals surface area (Å²) in [7, 11) is 0. The van der Waals surface area contributed by atoms with E-state index in [1.54, 1.807) is 12.4 Å². The van der Waals surface area contributed by atoms with Crippen LogP contribution in [0.4, 0.5) is 5.69 Å². The summed E-state index contributed by atoms with van der Waals surface area (Å²) in [5.41, 5.74) is 10.3. The zero-order chi connectivity index (χ0) is 13.9. The van der Waals surface area contributed by atoms with Crippen molar-refractivity contribution in [2.45, 2.75) is 25.8 Å². The van der Waals surface area contributed by atoms with Crippen molar-refractivity contribution < 1.29 is 0 Å². The summed E-state index contributed by atoms with van der Waals surface area (Å²) in [6.45, 7) is 4.74. The molecule has 0 bridgehead atoms. The van der Waals surface area contributed by atoms with Crippen molar-refractivity contribution in [2.24, 2.45) is 0 Å². The van der Waals surface area contributed by atoms with E-state index in [1.807, 2.05) is 6.07 Å². The summed E-state index contributed by atoms with van der Waals surface area (Å²) >= 11 is 0. The van der Waals surface area contributed by atoms with E-state index in [-0.39, 0.29) is 0 Å². The van der Waals surface area contributed by atoms with Crippen LogP contribution in [0.1, 0.15) is 31.4 Å². The molecule has 2 heterocycles. The molecule has 2 aromatic rings. The van der Waals surface area contributed by atoms with Crippen LogP contribution in [0.5, 0.6) is 0 Å². The normalized spacial score (nSPS) is 17.2. The van der Waals surface area contributed by atoms with Crippen molar-refractivity contribution in [3.8, 4) is 11.1 Å². The van der Waals surface area contributed by atoms with Gasteiger partial charge in [-0.05, 0) is 50.0 Å². The Morgan fingerprint density at radius 2 is 1.80 bits per heavy atom. The molecule has 1 saturated heterocycles. The van der Waals surface area contributed by atoms with Crippen molar-refractivity contribution in [1.29, 1.82) is 0 Å². The van der Waals surface area contributed by atoms with E-state index in [0.717, 1.165) is 16.8 Å². The molecule has 0 unspecified atom stereocenters. The molecule has 0 radical (unpaired) electrons. The highest BCUT2D eigenvalue weighted by atomic mass is 15.2. The van der Waals surface area contributed by atoms with Crippen molar-refractivity contribution in [1.82, 2.24) is 9.88 Å². The molecule has 3 heteroatoms. The van der Waals surface area contributed by atoms with Crippen LogP contribution < -0.4 is 5.73 Å². The summed E-state index contributed by atoms with van der Waals surface area (Å²) in [5, 5.41) is 0. The van der Waals surface area contributed by atoms with Crippen LogP contribution in [0.15, 0.2) is 42.7 Å². The SMILES string of the molecule is C[C@@H](c1ccc(-c2ccncc2N)cc1)N1CCCC1. The minimum Gasteiger partial charge on any atom is -0.397 e. The molecule has 1 aliphatic heterocycles. The fraction of sp³-hybridized carbons (Fsp3) is 0.353. The van der Waals surface area contributed by atoms with E-state index >= 15 is 0 Å². The zero-order valence-corrected chi connectivity index (χ0v) is 11.9. The minimum atomic E-state index is 0.501. The van der Waals surface area contributed by atoms with Gasteiger partial charge in [-0.3, -0.25) is 9.88 Å². The van der Waals surface area contributed by atoms with Crippen LogP contribution in [-0.4, -0.2) is 23.0 Å². The van der Waals surface area contributed by atoms with Crippen molar-refractivity contribution in [3.05, 3.63) is 48.3 Å². The number of likely N-dealkylation sites (tertiary alicyclic amines) is 1. The third kappa shape index (κ3) is 2.54. The standard InChI is InChI=1S/C17H21N3/c1-13(20-10-2-3-11-20)14-4-6-15(7-5-14)16-8-9-19-12-17(16)18/h4-9,12-13H,2-3,10-11,18H2,1H3/t13-/m0/s1. The molecule has 20 heavy (non-hydrogen) atoms. The topological polar surface area (TPSA) is 42.1 Å². The van der Waals surface area contributed by atoms with Gasteiger partial charge in [0.15, 0.2) is 0 Å². The van der Waals surface area contributed by atoms with Crippen LogP contribution >= 0.6 is 0 Å². The van der Waals surface area contributed by atoms with Crippen molar-refractivity contribution in [3.63, 3.8) is 0 Å². The molecular weight excluding hydrogens is 246 g/mol. The van der Waals surface area contributed by atoms with Crippen molar-refractivity contribution in [2.75, 3.05) is 18.8 Å². The van der Waals surface area contributed by atoms with Gasteiger partial charge in [-0.25, -0.2) is 0 Å². The molecule has 0 amide bonds. The Bertz CT molecular complexity index is 571. The van der Waals surface area contributed by atoms with E-state index in [0.29, 0.717) is 6.04 Å². The Morgan fingerprint density at radius 1 is 1.10 bits per heavy atom. The van der Waals surface area contributed by atoms with Gasteiger partial charge in [-0.15, -0.1) is 0 Å².